The van der Waals surface area contributed by atoms with E-state index in [4.69, 9.17) is 48.9 Å². The lowest BCUT2D eigenvalue weighted by Crippen LogP contribution is -2.47. The van der Waals surface area contributed by atoms with Crippen molar-refractivity contribution in [3.63, 3.8) is 0 Å². The Bertz CT molecular complexity index is 2690. The number of nitrogens with two attached hydrogens (primary N) is 1. The number of alkyl halides is 1. The van der Waals surface area contributed by atoms with E-state index in [9.17, 15) is 24.0 Å². The molecule has 4 amide bonds. The molecule has 6 N–H and O–H groups in total. The third kappa shape index (κ3) is 20.5. The number of carbonyl (C=O) groups excluding carboxylic acids is 5. The maximum absolute atomic E-state index is 12.8. The molecule has 71 heavy (non-hydrogen) atoms. The number of nitriles is 2. The van der Waals surface area contributed by atoms with E-state index in [1.165, 1.54) is 37.6 Å². The number of hydrogen-bond donors (Lipinski definition) is 5. The molecule has 2 unspecified atom stereocenters. The second-order valence-electron chi connectivity index (χ2n) is 15.5. The minimum absolute atomic E-state index is 0. The van der Waals surface area contributed by atoms with Crippen LogP contribution in [-0.2, 0) is 28.9 Å². The summed E-state index contributed by atoms with van der Waals surface area (Å²) in [6.45, 7) is 7.54. The second kappa shape index (κ2) is 31.0. The monoisotopic (exact) mass is 1110 g/mol. The maximum Gasteiger partial charge on any atom is 0.251 e. The number of rotatable bonds is 19. The van der Waals surface area contributed by atoms with Crippen molar-refractivity contribution in [1.82, 2.24) is 26.3 Å². The molecule has 4 aromatic carbocycles. The summed E-state index contributed by atoms with van der Waals surface area (Å²) in [5, 5.41) is 30.9. The zero-order valence-corrected chi connectivity index (χ0v) is 44.0. The van der Waals surface area contributed by atoms with Crippen LogP contribution in [0.3, 0.4) is 0 Å². The number of halogens is 3. The summed E-state index contributed by atoms with van der Waals surface area (Å²) in [6.07, 6.45) is 0.971. The van der Waals surface area contributed by atoms with Gasteiger partial charge in [0.15, 0.2) is 5.78 Å². The number of benzene rings is 4. The summed E-state index contributed by atoms with van der Waals surface area (Å²) in [5.74, 6) is -0.498. The van der Waals surface area contributed by atoms with Crippen LogP contribution in [0.15, 0.2) is 90.3 Å². The Morgan fingerprint density at radius 3 is 1.52 bits per heavy atom. The predicted octanol–water partition coefficient (Wildman–Crippen LogP) is 9.02. The summed E-state index contributed by atoms with van der Waals surface area (Å²) >= 11 is 21.4. The van der Waals surface area contributed by atoms with Crippen molar-refractivity contribution in [3.8, 4) is 34.9 Å². The van der Waals surface area contributed by atoms with Crippen molar-refractivity contribution in [3.05, 3.63) is 133 Å². The molecular formula is C51H57BrCl2N8O7S2. The molecule has 20 heteroatoms. The van der Waals surface area contributed by atoms with Crippen LogP contribution in [0.1, 0.15) is 88.8 Å². The van der Waals surface area contributed by atoms with Gasteiger partial charge in [-0.1, -0.05) is 107 Å². The first-order valence-electron chi connectivity index (χ1n) is 21.5. The SMILES string of the molecule is C.CNC(=O)C(Cc1ccc(-c2csc(CC#N)n2)cc1)NC(=O)c1ccc(OC(C)C)c(Cl)c1.CNC(=O)C(Cc1ccc(C(=O)CBr)cc1)NC(=O)c1ccc(OC(C)C)c(Cl)c1.N#CCC(N)=S. The summed E-state index contributed by atoms with van der Waals surface area (Å²) in [6, 6.07) is 26.4. The van der Waals surface area contributed by atoms with E-state index in [-0.39, 0.29) is 66.8 Å². The van der Waals surface area contributed by atoms with Gasteiger partial charge in [-0.05, 0) is 75.2 Å². The molecule has 5 rings (SSSR count). The summed E-state index contributed by atoms with van der Waals surface area (Å²) < 4.78 is 11.2. The van der Waals surface area contributed by atoms with E-state index >= 15 is 0 Å². The lowest BCUT2D eigenvalue weighted by Gasteiger charge is -2.18. The molecule has 0 radical (unpaired) electrons. The van der Waals surface area contributed by atoms with E-state index in [1.807, 2.05) is 57.3 Å². The predicted molar refractivity (Wildman–Crippen MR) is 288 cm³/mol. The summed E-state index contributed by atoms with van der Waals surface area (Å²) in [5.41, 5.74) is 9.56. The number of thiocarbonyl (C=S) groups is 1. The van der Waals surface area contributed by atoms with Crippen molar-refractivity contribution < 1.29 is 33.4 Å². The number of carbonyl (C=O) groups is 5. The van der Waals surface area contributed by atoms with Gasteiger partial charge in [0.05, 0.1) is 63.2 Å². The van der Waals surface area contributed by atoms with Crippen molar-refractivity contribution in [2.24, 2.45) is 5.73 Å². The molecule has 376 valence electrons. The first-order chi connectivity index (χ1) is 33.3. The number of ether oxygens (including phenoxy) is 2. The average molecular weight is 1110 g/mol. The third-order valence-corrected chi connectivity index (χ3v) is 11.5. The van der Waals surface area contributed by atoms with Gasteiger partial charge in [0.25, 0.3) is 11.8 Å². The second-order valence-corrected chi connectivity index (χ2v) is 18.4. The standard InChI is InChI=1S/C25H25ClN4O3S.C22H24BrClN2O4.C3H4N2S.CH4/c1-15(2)33-22-9-8-18(13-19(22)26)24(31)30-20(25(32)28-3)12-16-4-6-17(7-5-16)21-14-34-23(29-21)10-11-27;1-13(2)30-20-9-8-16(11-17(20)24)21(28)26-18(22(29)25-3)10-14-4-6-15(7-5-14)19(27)12-23;4-2-1-3(5)6;/h4-9,13-15,20H,10,12H2,1-3H3,(H,28,32)(H,30,31);4-9,11,13,18H,10,12H2,1-3H3,(H,25,29)(H,26,28);1H2,(H2,5,6);1H4. The molecule has 0 aliphatic rings. The number of ketones is 1. The fourth-order valence-electron chi connectivity index (χ4n) is 6.09. The van der Waals surface area contributed by atoms with Crippen LogP contribution in [0.4, 0.5) is 0 Å². The molecule has 0 bridgehead atoms. The molecular weight excluding hydrogens is 1050 g/mol. The molecule has 15 nitrogen and oxygen atoms in total. The van der Waals surface area contributed by atoms with Crippen LogP contribution < -0.4 is 36.5 Å². The molecule has 1 aromatic heterocycles. The Kier molecular flexibility index (Phi) is 26.5. The third-order valence-electron chi connectivity index (χ3n) is 9.41. The highest BCUT2D eigenvalue weighted by molar-refractivity contribution is 9.09. The van der Waals surface area contributed by atoms with Gasteiger partial charge in [-0.25, -0.2) is 4.98 Å². The highest BCUT2D eigenvalue weighted by atomic mass is 79.9. The largest absolute Gasteiger partial charge is 0.489 e. The smallest absolute Gasteiger partial charge is 0.251 e. The Balaban J connectivity index is 0.000000433. The van der Waals surface area contributed by atoms with Gasteiger partial charge < -0.3 is 36.5 Å². The number of nitrogens with one attached hydrogen (secondary N) is 4. The number of nitrogens with zero attached hydrogens (tertiary/aromatic N) is 3. The van der Waals surface area contributed by atoms with Gasteiger partial charge in [-0.2, -0.15) is 10.5 Å². The normalized spacial score (nSPS) is 11.0. The zero-order valence-electron chi connectivity index (χ0n) is 39.2. The lowest BCUT2D eigenvalue weighted by atomic mass is 10.0. The van der Waals surface area contributed by atoms with Gasteiger partial charge in [-0.3, -0.25) is 24.0 Å². The van der Waals surface area contributed by atoms with Crippen LogP contribution in [-0.4, -0.2) is 83.1 Å². The number of thiazole rings is 1. The van der Waals surface area contributed by atoms with E-state index in [2.05, 4.69) is 60.5 Å². The number of Topliss-reactive ketones (excluding diaryl/α,β-unsaturated/α-hetero) is 1. The van der Waals surface area contributed by atoms with Crippen LogP contribution >= 0.6 is 62.7 Å². The Morgan fingerprint density at radius 2 is 1.17 bits per heavy atom. The number of hydrogen-bond acceptors (Lipinski definition) is 12. The molecule has 0 spiro atoms. The molecule has 0 saturated heterocycles. The van der Waals surface area contributed by atoms with Crippen LogP contribution in [0, 0.1) is 22.7 Å². The Labute approximate surface area is 442 Å². The van der Waals surface area contributed by atoms with Crippen molar-refractivity contribution in [2.75, 3.05) is 19.4 Å². The van der Waals surface area contributed by atoms with Crippen LogP contribution in [0.2, 0.25) is 10.0 Å². The zero-order chi connectivity index (χ0) is 51.9. The lowest BCUT2D eigenvalue weighted by molar-refractivity contribution is -0.123. The summed E-state index contributed by atoms with van der Waals surface area (Å²) in [4.78, 5) is 66.8. The van der Waals surface area contributed by atoms with Gasteiger partial charge in [0, 0.05) is 54.6 Å². The first kappa shape index (κ1) is 60.7. The molecule has 0 aliphatic carbocycles. The number of aromatic nitrogens is 1. The first-order valence-corrected chi connectivity index (χ1v) is 24.7. The quantitative estimate of drug-likeness (QED) is 0.0296. The number of likely N-dealkylation sites (N-methyl/N-ethyl adjacent to an activating group) is 2. The Hall–Kier alpha value is -6.41. The van der Waals surface area contributed by atoms with Gasteiger partial charge in [-0.15, -0.1) is 11.3 Å². The van der Waals surface area contributed by atoms with Crippen molar-refractivity contribution in [2.45, 2.75) is 85.1 Å². The van der Waals surface area contributed by atoms with Gasteiger partial charge >= 0.3 is 0 Å². The molecule has 0 aliphatic heterocycles. The number of amides is 4. The fraction of sp³-hybridized carbons (Fsp3) is 0.314. The summed E-state index contributed by atoms with van der Waals surface area (Å²) in [7, 11) is 3.04. The average Bonchev–Trinajstić information content (AvgIpc) is 3.80. The van der Waals surface area contributed by atoms with Crippen molar-refractivity contribution in [1.29, 1.82) is 10.5 Å². The van der Waals surface area contributed by atoms with Gasteiger partial charge in [0.1, 0.15) is 28.6 Å². The fourth-order valence-corrected chi connectivity index (χ4v) is 7.66. The molecule has 2 atom stereocenters. The van der Waals surface area contributed by atoms with E-state index in [0.29, 0.717) is 44.7 Å². The molecule has 0 fully saturated rings. The highest BCUT2D eigenvalue weighted by Gasteiger charge is 2.24. The van der Waals surface area contributed by atoms with E-state index in [0.717, 1.165) is 27.4 Å². The minimum Gasteiger partial charge on any atom is -0.489 e. The molecule has 0 saturated carbocycles. The Morgan fingerprint density at radius 1 is 0.732 bits per heavy atom. The van der Waals surface area contributed by atoms with E-state index in [1.54, 1.807) is 54.6 Å². The van der Waals surface area contributed by atoms with E-state index < -0.39 is 23.9 Å². The highest BCUT2D eigenvalue weighted by Crippen LogP contribution is 2.28. The van der Waals surface area contributed by atoms with Crippen LogP contribution in [0.25, 0.3) is 11.3 Å². The minimum atomic E-state index is -0.786. The maximum atomic E-state index is 12.8. The van der Waals surface area contributed by atoms with Crippen molar-refractivity contribution >= 4 is 97.1 Å². The molecule has 5 aromatic rings. The molecule has 1 heterocycles. The topological polar surface area (TPSA) is 238 Å². The van der Waals surface area contributed by atoms with Gasteiger partial charge in [0.2, 0.25) is 11.8 Å². The van der Waals surface area contributed by atoms with Crippen LogP contribution in [0.5, 0.6) is 11.5 Å².